The average Bonchev–Trinajstić information content (AvgIpc) is 3.10. The molecule has 29 heavy (non-hydrogen) atoms. The molecule has 1 aromatic heterocycles. The van der Waals surface area contributed by atoms with Crippen molar-refractivity contribution in [3.05, 3.63) is 47.5 Å². The van der Waals surface area contributed by atoms with E-state index in [-0.39, 0.29) is 29.4 Å². The van der Waals surface area contributed by atoms with Crippen LogP contribution in [-0.2, 0) is 14.8 Å². The van der Waals surface area contributed by atoms with Gasteiger partial charge >= 0.3 is 0 Å². The zero-order valence-corrected chi connectivity index (χ0v) is 16.2. The first-order chi connectivity index (χ1) is 13.8. The van der Waals surface area contributed by atoms with Crippen LogP contribution in [0.5, 0.6) is 5.75 Å². The SMILES string of the molecule is COc1cc(F)cc(F)c1C1CN(c2nc3ccc(S(N)(=O)=O)cc3[nH]2)CCO1. The molecule has 154 valence electrons. The predicted molar refractivity (Wildman–Crippen MR) is 101 cm³/mol. The summed E-state index contributed by atoms with van der Waals surface area (Å²) in [7, 11) is -2.50. The van der Waals surface area contributed by atoms with E-state index in [9.17, 15) is 17.2 Å². The molecule has 0 saturated carbocycles. The lowest BCUT2D eigenvalue weighted by atomic mass is 10.1. The number of nitrogens with two attached hydrogens (primary N) is 1. The molecule has 1 atom stereocenters. The first kappa shape index (κ1) is 19.6. The molecule has 3 aromatic rings. The molecule has 4 rings (SSSR count). The van der Waals surface area contributed by atoms with Crippen LogP contribution in [0.1, 0.15) is 11.7 Å². The van der Waals surface area contributed by atoms with Crippen molar-refractivity contribution in [2.75, 3.05) is 31.7 Å². The van der Waals surface area contributed by atoms with Crippen LogP contribution in [0.3, 0.4) is 0 Å². The third-order valence-corrected chi connectivity index (χ3v) is 5.64. The fourth-order valence-electron chi connectivity index (χ4n) is 3.36. The second kappa shape index (κ2) is 7.25. The van der Waals surface area contributed by atoms with E-state index in [1.807, 2.05) is 4.90 Å². The summed E-state index contributed by atoms with van der Waals surface area (Å²) >= 11 is 0. The van der Waals surface area contributed by atoms with Gasteiger partial charge in [-0.05, 0) is 18.2 Å². The molecular weight excluding hydrogens is 406 g/mol. The number of hydrogen-bond acceptors (Lipinski definition) is 6. The van der Waals surface area contributed by atoms with Crippen molar-refractivity contribution in [1.82, 2.24) is 9.97 Å². The van der Waals surface area contributed by atoms with E-state index < -0.39 is 27.8 Å². The molecule has 8 nitrogen and oxygen atoms in total. The summed E-state index contributed by atoms with van der Waals surface area (Å²) in [5, 5.41) is 5.17. The minimum absolute atomic E-state index is 0.0295. The number of H-pyrrole nitrogens is 1. The Labute approximate surface area is 165 Å². The van der Waals surface area contributed by atoms with Gasteiger partial charge in [0.05, 0.1) is 41.8 Å². The number of hydrogen-bond donors (Lipinski definition) is 2. The van der Waals surface area contributed by atoms with Gasteiger partial charge < -0.3 is 19.4 Å². The van der Waals surface area contributed by atoms with Crippen LogP contribution in [0.25, 0.3) is 11.0 Å². The Balaban J connectivity index is 1.66. The average molecular weight is 424 g/mol. The molecule has 1 aliphatic heterocycles. The van der Waals surface area contributed by atoms with Gasteiger partial charge in [-0.2, -0.15) is 0 Å². The Bertz CT molecular complexity index is 1180. The van der Waals surface area contributed by atoms with E-state index in [0.29, 0.717) is 23.5 Å². The molecule has 0 aliphatic carbocycles. The van der Waals surface area contributed by atoms with E-state index in [4.69, 9.17) is 14.6 Å². The summed E-state index contributed by atoms with van der Waals surface area (Å²) in [5.74, 6) is -0.951. The predicted octanol–water partition coefficient (Wildman–Crippen LogP) is 2.08. The summed E-state index contributed by atoms with van der Waals surface area (Å²) in [4.78, 5) is 9.33. The second-order valence-corrected chi connectivity index (χ2v) is 8.15. The van der Waals surface area contributed by atoms with Gasteiger partial charge in [-0.1, -0.05) is 0 Å². The van der Waals surface area contributed by atoms with Crippen LogP contribution >= 0.6 is 0 Å². The Morgan fingerprint density at radius 1 is 1.31 bits per heavy atom. The van der Waals surface area contributed by atoms with Gasteiger partial charge in [0.1, 0.15) is 23.5 Å². The minimum Gasteiger partial charge on any atom is -0.496 e. The highest BCUT2D eigenvalue weighted by Gasteiger charge is 2.29. The molecule has 1 aliphatic rings. The zero-order valence-electron chi connectivity index (χ0n) is 15.4. The monoisotopic (exact) mass is 424 g/mol. The van der Waals surface area contributed by atoms with Gasteiger partial charge in [-0.15, -0.1) is 0 Å². The summed E-state index contributed by atoms with van der Waals surface area (Å²) in [6, 6.07) is 6.23. The molecule has 3 N–H and O–H groups in total. The van der Waals surface area contributed by atoms with Crippen LogP contribution in [0, 0.1) is 11.6 Å². The molecule has 0 spiro atoms. The van der Waals surface area contributed by atoms with Crippen molar-refractivity contribution in [2.24, 2.45) is 5.14 Å². The molecule has 0 bridgehead atoms. The Morgan fingerprint density at radius 3 is 2.83 bits per heavy atom. The summed E-state index contributed by atoms with van der Waals surface area (Å²) in [6.07, 6.45) is -0.701. The highest BCUT2D eigenvalue weighted by atomic mass is 32.2. The maximum absolute atomic E-state index is 14.4. The normalized spacial score (nSPS) is 17.7. The number of fused-ring (bicyclic) bond motifs is 1. The lowest BCUT2D eigenvalue weighted by molar-refractivity contribution is 0.0353. The topological polar surface area (TPSA) is 111 Å². The first-order valence-corrected chi connectivity index (χ1v) is 10.2. The highest BCUT2D eigenvalue weighted by molar-refractivity contribution is 7.89. The number of halogens is 2. The quantitative estimate of drug-likeness (QED) is 0.664. The maximum atomic E-state index is 14.4. The molecule has 11 heteroatoms. The van der Waals surface area contributed by atoms with Gasteiger partial charge in [0, 0.05) is 18.7 Å². The number of nitrogens with one attached hydrogen (secondary N) is 1. The Morgan fingerprint density at radius 2 is 2.10 bits per heavy atom. The number of aromatic amines is 1. The molecule has 1 unspecified atom stereocenters. The number of sulfonamides is 1. The first-order valence-electron chi connectivity index (χ1n) is 8.68. The third-order valence-electron chi connectivity index (χ3n) is 4.73. The van der Waals surface area contributed by atoms with Crippen LogP contribution in [0.2, 0.25) is 0 Å². The van der Waals surface area contributed by atoms with Crippen LogP contribution < -0.4 is 14.8 Å². The van der Waals surface area contributed by atoms with Crippen molar-refractivity contribution in [1.29, 1.82) is 0 Å². The molecule has 0 amide bonds. The number of nitrogens with zero attached hydrogens (tertiary/aromatic N) is 2. The number of anilines is 1. The van der Waals surface area contributed by atoms with E-state index in [1.54, 1.807) is 6.07 Å². The van der Waals surface area contributed by atoms with Gasteiger partial charge in [0.2, 0.25) is 16.0 Å². The molecular formula is C18H18F2N4O4S. The largest absolute Gasteiger partial charge is 0.496 e. The van der Waals surface area contributed by atoms with E-state index >= 15 is 0 Å². The molecule has 0 radical (unpaired) electrons. The Kier molecular flexibility index (Phi) is 4.89. The summed E-state index contributed by atoms with van der Waals surface area (Å²) in [6.45, 7) is 0.994. The fourth-order valence-corrected chi connectivity index (χ4v) is 3.90. The van der Waals surface area contributed by atoms with Crippen molar-refractivity contribution < 1.29 is 26.7 Å². The van der Waals surface area contributed by atoms with Crippen LogP contribution in [-0.4, -0.2) is 45.2 Å². The van der Waals surface area contributed by atoms with Crippen molar-refractivity contribution in [3.63, 3.8) is 0 Å². The number of benzene rings is 2. The van der Waals surface area contributed by atoms with Crippen LogP contribution in [0.15, 0.2) is 35.2 Å². The van der Waals surface area contributed by atoms with E-state index in [1.165, 1.54) is 19.2 Å². The fraction of sp³-hybridized carbons (Fsp3) is 0.278. The highest BCUT2D eigenvalue weighted by Crippen LogP contribution is 2.34. The van der Waals surface area contributed by atoms with Gasteiger partial charge in [-0.25, -0.2) is 27.3 Å². The van der Waals surface area contributed by atoms with Crippen molar-refractivity contribution in [3.8, 4) is 5.75 Å². The van der Waals surface area contributed by atoms with Gasteiger partial charge in [0.25, 0.3) is 0 Å². The second-order valence-electron chi connectivity index (χ2n) is 6.59. The zero-order chi connectivity index (χ0) is 20.8. The van der Waals surface area contributed by atoms with Crippen molar-refractivity contribution >= 4 is 27.0 Å². The maximum Gasteiger partial charge on any atom is 0.238 e. The summed E-state index contributed by atoms with van der Waals surface area (Å²) < 4.78 is 61.8. The number of rotatable bonds is 4. The number of methoxy groups -OCH3 is 1. The standard InChI is InChI=1S/C18H18F2N4O4S/c1-27-15-7-10(19)6-12(20)17(15)16-9-24(4-5-28-16)18-22-13-3-2-11(29(21,25)26)8-14(13)23-18/h2-3,6-8,16H,4-5,9H2,1H3,(H,22,23)(H2,21,25,26). The smallest absolute Gasteiger partial charge is 0.238 e. The number of primary sulfonamides is 1. The number of aromatic nitrogens is 2. The van der Waals surface area contributed by atoms with E-state index in [2.05, 4.69) is 9.97 Å². The van der Waals surface area contributed by atoms with Crippen molar-refractivity contribution in [2.45, 2.75) is 11.0 Å². The number of morpholine rings is 1. The number of ether oxygens (including phenoxy) is 2. The summed E-state index contributed by atoms with van der Waals surface area (Å²) in [5.41, 5.74) is 1.19. The van der Waals surface area contributed by atoms with Gasteiger partial charge in [0.15, 0.2) is 0 Å². The minimum atomic E-state index is -3.84. The van der Waals surface area contributed by atoms with Gasteiger partial charge in [-0.3, -0.25) is 0 Å². The molecule has 1 saturated heterocycles. The lowest BCUT2D eigenvalue weighted by Crippen LogP contribution is -2.39. The number of imidazole rings is 1. The molecule has 2 aromatic carbocycles. The van der Waals surface area contributed by atoms with E-state index in [0.717, 1.165) is 12.1 Å². The molecule has 1 fully saturated rings. The third kappa shape index (κ3) is 3.76. The van der Waals surface area contributed by atoms with Crippen LogP contribution in [0.4, 0.5) is 14.7 Å². The lowest BCUT2D eigenvalue weighted by Gasteiger charge is -2.33. The Hall–Kier alpha value is -2.76. The molecule has 2 heterocycles.